The first kappa shape index (κ1) is 14.1. The van der Waals surface area contributed by atoms with E-state index in [0.29, 0.717) is 29.4 Å². The maximum absolute atomic E-state index is 12.3. The smallest absolute Gasteiger partial charge is 0.289 e. The molecule has 1 aliphatic rings. The van der Waals surface area contributed by atoms with Crippen LogP contribution in [0.1, 0.15) is 23.4 Å². The van der Waals surface area contributed by atoms with Crippen molar-refractivity contribution < 1.29 is 13.9 Å². The summed E-state index contributed by atoms with van der Waals surface area (Å²) in [6.45, 7) is 1.23. The van der Waals surface area contributed by atoms with Gasteiger partial charge in [0.05, 0.1) is 6.54 Å². The van der Waals surface area contributed by atoms with Gasteiger partial charge in [0.2, 0.25) is 5.88 Å². The second-order valence-electron chi connectivity index (χ2n) is 4.80. The average Bonchev–Trinajstić information content (AvgIpc) is 2.94. The minimum absolute atomic E-state index is 0.0715. The van der Waals surface area contributed by atoms with Crippen LogP contribution in [0, 0.1) is 0 Å². The fraction of sp³-hybridized carbons (Fsp3) is 0.357. The molecule has 7 heteroatoms. The van der Waals surface area contributed by atoms with Crippen LogP contribution in [0.4, 0.5) is 0 Å². The summed E-state index contributed by atoms with van der Waals surface area (Å²) in [7, 11) is 0. The summed E-state index contributed by atoms with van der Waals surface area (Å²) in [5, 5.41) is 7.68. The SMILES string of the molecule is O=C(c1ccc(Br)o1)N1CCCC(Oc2cccnn2)C1. The van der Waals surface area contributed by atoms with Gasteiger partial charge in [0, 0.05) is 18.8 Å². The molecule has 1 saturated heterocycles. The predicted octanol–water partition coefficient (Wildman–Crippen LogP) is 2.52. The van der Waals surface area contributed by atoms with Crippen LogP contribution in [0.2, 0.25) is 0 Å². The Balaban J connectivity index is 1.64. The molecule has 1 fully saturated rings. The van der Waals surface area contributed by atoms with Crippen molar-refractivity contribution in [1.82, 2.24) is 15.1 Å². The van der Waals surface area contributed by atoms with Crippen molar-refractivity contribution in [3.63, 3.8) is 0 Å². The van der Waals surface area contributed by atoms with E-state index in [2.05, 4.69) is 26.1 Å². The summed E-state index contributed by atoms with van der Waals surface area (Å²) in [5.41, 5.74) is 0. The van der Waals surface area contributed by atoms with Gasteiger partial charge in [-0.3, -0.25) is 4.79 Å². The first-order valence-electron chi connectivity index (χ1n) is 6.71. The maximum Gasteiger partial charge on any atom is 0.289 e. The fourth-order valence-corrected chi connectivity index (χ4v) is 2.63. The Hall–Kier alpha value is -1.89. The van der Waals surface area contributed by atoms with Crippen molar-refractivity contribution in [2.75, 3.05) is 13.1 Å². The van der Waals surface area contributed by atoms with E-state index >= 15 is 0 Å². The lowest BCUT2D eigenvalue weighted by atomic mass is 10.1. The van der Waals surface area contributed by atoms with Crippen LogP contribution < -0.4 is 4.74 Å². The van der Waals surface area contributed by atoms with E-state index in [1.807, 2.05) is 0 Å². The Kier molecular flexibility index (Phi) is 4.19. The van der Waals surface area contributed by atoms with Gasteiger partial charge in [0.1, 0.15) is 6.10 Å². The second kappa shape index (κ2) is 6.26. The number of aromatic nitrogens is 2. The minimum atomic E-state index is -0.117. The van der Waals surface area contributed by atoms with Crippen molar-refractivity contribution in [2.45, 2.75) is 18.9 Å². The maximum atomic E-state index is 12.3. The third-order valence-corrected chi connectivity index (χ3v) is 3.71. The van der Waals surface area contributed by atoms with Crippen LogP contribution in [0.25, 0.3) is 0 Å². The summed E-state index contributed by atoms with van der Waals surface area (Å²) in [5.74, 6) is 0.702. The van der Waals surface area contributed by atoms with Gasteiger partial charge in [-0.05, 0) is 47.0 Å². The molecule has 2 aromatic heterocycles. The highest BCUT2D eigenvalue weighted by Gasteiger charge is 2.27. The molecule has 6 nitrogen and oxygen atoms in total. The van der Waals surface area contributed by atoms with Crippen LogP contribution in [0.5, 0.6) is 5.88 Å². The van der Waals surface area contributed by atoms with E-state index in [9.17, 15) is 4.79 Å². The number of ether oxygens (including phenoxy) is 1. The zero-order valence-electron chi connectivity index (χ0n) is 11.2. The molecule has 3 heterocycles. The quantitative estimate of drug-likeness (QED) is 0.849. The molecule has 1 unspecified atom stereocenters. The van der Waals surface area contributed by atoms with Gasteiger partial charge in [-0.2, -0.15) is 5.10 Å². The zero-order valence-corrected chi connectivity index (χ0v) is 12.8. The monoisotopic (exact) mass is 351 g/mol. The number of carbonyl (C=O) groups excluding carboxylic acids is 1. The lowest BCUT2D eigenvalue weighted by Gasteiger charge is -2.31. The van der Waals surface area contributed by atoms with Crippen molar-refractivity contribution in [1.29, 1.82) is 0 Å². The molecule has 1 aliphatic heterocycles. The largest absolute Gasteiger partial charge is 0.471 e. The minimum Gasteiger partial charge on any atom is -0.471 e. The molecule has 0 aliphatic carbocycles. The molecule has 0 saturated carbocycles. The molecular formula is C14H14BrN3O3. The molecule has 0 spiro atoms. The predicted molar refractivity (Wildman–Crippen MR) is 78.0 cm³/mol. The van der Waals surface area contributed by atoms with Gasteiger partial charge in [0.15, 0.2) is 10.4 Å². The molecule has 2 aromatic rings. The summed E-state index contributed by atoms with van der Waals surface area (Å²) in [4.78, 5) is 14.1. The number of amides is 1. The van der Waals surface area contributed by atoms with Crippen LogP contribution in [0.3, 0.4) is 0 Å². The molecule has 0 bridgehead atoms. The Labute approximate surface area is 130 Å². The van der Waals surface area contributed by atoms with E-state index in [1.54, 1.807) is 35.4 Å². The lowest BCUT2D eigenvalue weighted by Crippen LogP contribution is -2.44. The first-order chi connectivity index (χ1) is 10.2. The third kappa shape index (κ3) is 3.41. The van der Waals surface area contributed by atoms with E-state index < -0.39 is 0 Å². The molecule has 3 rings (SSSR count). The van der Waals surface area contributed by atoms with Gasteiger partial charge in [-0.1, -0.05) is 0 Å². The summed E-state index contributed by atoms with van der Waals surface area (Å²) in [6, 6.07) is 6.91. The van der Waals surface area contributed by atoms with Crippen LogP contribution in [0.15, 0.2) is 39.5 Å². The molecule has 0 radical (unpaired) electrons. The van der Waals surface area contributed by atoms with Crippen molar-refractivity contribution in [3.8, 4) is 5.88 Å². The first-order valence-corrected chi connectivity index (χ1v) is 7.50. The van der Waals surface area contributed by atoms with Gasteiger partial charge < -0.3 is 14.1 Å². The van der Waals surface area contributed by atoms with Gasteiger partial charge in [0.25, 0.3) is 5.91 Å². The topological polar surface area (TPSA) is 68.5 Å². The van der Waals surface area contributed by atoms with Crippen molar-refractivity contribution >= 4 is 21.8 Å². The highest BCUT2D eigenvalue weighted by molar-refractivity contribution is 9.10. The number of halogens is 1. The van der Waals surface area contributed by atoms with Crippen molar-refractivity contribution in [3.05, 3.63) is 40.9 Å². The van der Waals surface area contributed by atoms with Crippen molar-refractivity contribution in [2.24, 2.45) is 0 Å². The molecule has 1 amide bonds. The summed E-state index contributed by atoms with van der Waals surface area (Å²) in [6.07, 6.45) is 3.30. The standard InChI is InChI=1S/C14H14BrN3O3/c15-12-6-5-11(21-12)14(19)18-8-2-3-10(9-18)20-13-4-1-7-16-17-13/h1,4-7,10H,2-3,8-9H2. The number of carbonyl (C=O) groups is 1. The second-order valence-corrected chi connectivity index (χ2v) is 5.58. The zero-order chi connectivity index (χ0) is 14.7. The van der Waals surface area contributed by atoms with Crippen LogP contribution >= 0.6 is 15.9 Å². The number of hydrogen-bond donors (Lipinski definition) is 0. The summed E-state index contributed by atoms with van der Waals surface area (Å²) >= 11 is 3.20. The Bertz CT molecular complexity index is 617. The molecule has 0 N–H and O–H groups in total. The highest BCUT2D eigenvalue weighted by Crippen LogP contribution is 2.20. The molecule has 21 heavy (non-hydrogen) atoms. The van der Waals surface area contributed by atoms with E-state index in [4.69, 9.17) is 9.15 Å². The Morgan fingerprint density at radius 1 is 1.43 bits per heavy atom. The molecule has 0 aromatic carbocycles. The van der Waals surface area contributed by atoms with Gasteiger partial charge >= 0.3 is 0 Å². The normalized spacial score (nSPS) is 18.5. The Morgan fingerprint density at radius 3 is 3.05 bits per heavy atom. The van der Waals surface area contributed by atoms with Gasteiger partial charge in [-0.15, -0.1) is 5.10 Å². The van der Waals surface area contributed by atoms with Crippen LogP contribution in [-0.2, 0) is 0 Å². The fourth-order valence-electron chi connectivity index (χ4n) is 2.32. The number of rotatable bonds is 3. The Morgan fingerprint density at radius 2 is 2.33 bits per heavy atom. The average molecular weight is 352 g/mol. The highest BCUT2D eigenvalue weighted by atomic mass is 79.9. The number of nitrogens with zero attached hydrogens (tertiary/aromatic N) is 3. The third-order valence-electron chi connectivity index (χ3n) is 3.28. The van der Waals surface area contributed by atoms with Gasteiger partial charge in [-0.25, -0.2) is 0 Å². The number of hydrogen-bond acceptors (Lipinski definition) is 5. The van der Waals surface area contributed by atoms with E-state index in [0.717, 1.165) is 12.8 Å². The molecule has 110 valence electrons. The lowest BCUT2D eigenvalue weighted by molar-refractivity contribution is 0.0497. The van der Waals surface area contributed by atoms with Crippen LogP contribution in [-0.4, -0.2) is 40.2 Å². The molecule has 1 atom stereocenters. The van der Waals surface area contributed by atoms with E-state index in [-0.39, 0.29) is 12.0 Å². The summed E-state index contributed by atoms with van der Waals surface area (Å²) < 4.78 is 11.6. The number of furan rings is 1. The number of piperidine rings is 1. The number of likely N-dealkylation sites (tertiary alicyclic amines) is 1. The molecular weight excluding hydrogens is 338 g/mol. The van der Waals surface area contributed by atoms with E-state index in [1.165, 1.54) is 0 Å².